The van der Waals surface area contributed by atoms with Gasteiger partial charge in [0.05, 0.1) is 16.8 Å². The minimum Gasteiger partial charge on any atom is -0.339 e. The minimum absolute atomic E-state index is 0.126. The number of benzene rings is 1. The number of amides is 2. The maximum absolute atomic E-state index is 12.4. The van der Waals surface area contributed by atoms with Crippen molar-refractivity contribution < 1.29 is 9.59 Å². The molecule has 2 aromatic rings. The van der Waals surface area contributed by atoms with Gasteiger partial charge in [0.1, 0.15) is 0 Å². The molecule has 1 N–H and O–H groups in total. The van der Waals surface area contributed by atoms with E-state index in [1.54, 1.807) is 11.0 Å². The average Bonchev–Trinajstić information content (AvgIpc) is 2.58. The predicted octanol–water partition coefficient (Wildman–Crippen LogP) is 3.89. The van der Waals surface area contributed by atoms with Gasteiger partial charge in [-0.15, -0.1) is 0 Å². The lowest BCUT2D eigenvalue weighted by Gasteiger charge is -2.18. The lowest BCUT2D eigenvalue weighted by molar-refractivity contribution is 0.0772. The molecule has 0 radical (unpaired) electrons. The van der Waals surface area contributed by atoms with Crippen molar-refractivity contribution in [3.8, 4) is 0 Å². The van der Waals surface area contributed by atoms with Gasteiger partial charge >= 0.3 is 0 Å². The molecule has 0 saturated heterocycles. The Morgan fingerprint density at radius 2 is 1.79 bits per heavy atom. The molecule has 0 aliphatic rings. The van der Waals surface area contributed by atoms with Crippen LogP contribution in [-0.2, 0) is 0 Å². The first-order chi connectivity index (χ1) is 11.5. The summed E-state index contributed by atoms with van der Waals surface area (Å²) in [6.07, 6.45) is 2.94. The van der Waals surface area contributed by atoms with E-state index in [1.807, 2.05) is 39.0 Å². The van der Waals surface area contributed by atoms with Crippen molar-refractivity contribution in [1.82, 2.24) is 9.88 Å². The number of aryl methyl sites for hydroxylation is 1. The van der Waals surface area contributed by atoms with Gasteiger partial charge in [0.15, 0.2) is 0 Å². The zero-order valence-electron chi connectivity index (χ0n) is 14.0. The van der Waals surface area contributed by atoms with Crippen LogP contribution in [0.15, 0.2) is 41.1 Å². The maximum Gasteiger partial charge on any atom is 0.257 e. The molecule has 5 nitrogen and oxygen atoms in total. The number of nitrogens with one attached hydrogen (secondary N) is 1. The largest absolute Gasteiger partial charge is 0.339 e. The highest BCUT2D eigenvalue weighted by atomic mass is 79.9. The SMILES string of the molecule is CCN(CC)C(=O)c1cncc(C(=O)Nc2ccc(C)cc2Br)c1. The Balaban J connectivity index is 2.21. The smallest absolute Gasteiger partial charge is 0.257 e. The number of rotatable bonds is 5. The van der Waals surface area contributed by atoms with Crippen molar-refractivity contribution in [2.75, 3.05) is 18.4 Å². The van der Waals surface area contributed by atoms with Crippen molar-refractivity contribution in [3.05, 3.63) is 57.8 Å². The van der Waals surface area contributed by atoms with Gasteiger partial charge in [-0.05, 0) is 60.5 Å². The van der Waals surface area contributed by atoms with Crippen LogP contribution >= 0.6 is 15.9 Å². The topological polar surface area (TPSA) is 62.3 Å². The number of pyridine rings is 1. The molecule has 6 heteroatoms. The Labute approximate surface area is 150 Å². The Bertz CT molecular complexity index is 758. The highest BCUT2D eigenvalue weighted by molar-refractivity contribution is 9.10. The second kappa shape index (κ2) is 8.06. The van der Waals surface area contributed by atoms with Crippen molar-refractivity contribution >= 4 is 33.4 Å². The van der Waals surface area contributed by atoms with E-state index >= 15 is 0 Å². The second-order valence-electron chi connectivity index (χ2n) is 5.38. The number of aromatic nitrogens is 1. The predicted molar refractivity (Wildman–Crippen MR) is 98.3 cm³/mol. The zero-order chi connectivity index (χ0) is 17.7. The molecular formula is C18H20BrN3O2. The van der Waals surface area contributed by atoms with Crippen molar-refractivity contribution in [2.45, 2.75) is 20.8 Å². The first-order valence-corrected chi connectivity index (χ1v) is 8.57. The molecule has 0 spiro atoms. The number of nitrogens with zero attached hydrogens (tertiary/aromatic N) is 2. The van der Waals surface area contributed by atoms with E-state index < -0.39 is 0 Å². The fourth-order valence-electron chi connectivity index (χ4n) is 2.29. The number of hydrogen-bond donors (Lipinski definition) is 1. The number of carbonyl (C=O) groups excluding carboxylic acids is 2. The fraction of sp³-hybridized carbons (Fsp3) is 0.278. The summed E-state index contributed by atoms with van der Waals surface area (Å²) in [5.41, 5.74) is 2.52. The zero-order valence-corrected chi connectivity index (χ0v) is 15.6. The molecule has 2 rings (SSSR count). The quantitative estimate of drug-likeness (QED) is 0.843. The molecule has 0 unspecified atom stereocenters. The average molecular weight is 390 g/mol. The summed E-state index contributed by atoms with van der Waals surface area (Å²) in [5.74, 6) is -0.431. The van der Waals surface area contributed by atoms with E-state index in [0.717, 1.165) is 10.0 Å². The van der Waals surface area contributed by atoms with Gasteiger partial charge in [-0.25, -0.2) is 0 Å². The van der Waals surface area contributed by atoms with E-state index in [2.05, 4.69) is 26.2 Å². The monoisotopic (exact) mass is 389 g/mol. The first kappa shape index (κ1) is 18.1. The summed E-state index contributed by atoms with van der Waals surface area (Å²) >= 11 is 3.43. The summed E-state index contributed by atoms with van der Waals surface area (Å²) in [5, 5.41) is 2.83. The Kier molecular flexibility index (Phi) is 6.09. The summed E-state index contributed by atoms with van der Waals surface area (Å²) in [7, 11) is 0. The fourth-order valence-corrected chi connectivity index (χ4v) is 2.88. The Morgan fingerprint density at radius 3 is 2.42 bits per heavy atom. The van der Waals surface area contributed by atoms with E-state index in [4.69, 9.17) is 0 Å². The van der Waals surface area contributed by atoms with E-state index in [-0.39, 0.29) is 11.8 Å². The molecule has 0 fully saturated rings. The molecule has 0 aliphatic heterocycles. The van der Waals surface area contributed by atoms with E-state index in [0.29, 0.717) is 29.9 Å². The van der Waals surface area contributed by atoms with Crippen molar-refractivity contribution in [3.63, 3.8) is 0 Å². The molecule has 0 atom stereocenters. The molecule has 2 amide bonds. The maximum atomic E-state index is 12.4. The molecule has 0 aliphatic carbocycles. The van der Waals surface area contributed by atoms with Crippen LogP contribution in [-0.4, -0.2) is 34.8 Å². The lowest BCUT2D eigenvalue weighted by atomic mass is 10.1. The third-order valence-corrected chi connectivity index (χ3v) is 4.33. The van der Waals surface area contributed by atoms with Gasteiger partial charge in [-0.3, -0.25) is 14.6 Å². The van der Waals surface area contributed by atoms with Gasteiger partial charge in [0, 0.05) is 30.0 Å². The van der Waals surface area contributed by atoms with Gasteiger partial charge in [0.25, 0.3) is 11.8 Å². The van der Waals surface area contributed by atoms with E-state index in [9.17, 15) is 9.59 Å². The van der Waals surface area contributed by atoms with Crippen molar-refractivity contribution in [2.24, 2.45) is 0 Å². The van der Waals surface area contributed by atoms with Crippen LogP contribution in [0.4, 0.5) is 5.69 Å². The standard InChI is InChI=1S/C18H20BrN3O2/c1-4-22(5-2)18(24)14-9-13(10-20-11-14)17(23)21-16-7-6-12(3)8-15(16)19/h6-11H,4-5H2,1-3H3,(H,21,23). The van der Waals surface area contributed by atoms with Crippen LogP contribution in [0.3, 0.4) is 0 Å². The third kappa shape index (κ3) is 4.20. The molecule has 1 heterocycles. The summed E-state index contributed by atoms with van der Waals surface area (Å²) in [4.78, 5) is 30.5. The van der Waals surface area contributed by atoms with Crippen LogP contribution < -0.4 is 5.32 Å². The van der Waals surface area contributed by atoms with Gasteiger partial charge < -0.3 is 10.2 Å². The van der Waals surface area contributed by atoms with E-state index in [1.165, 1.54) is 12.4 Å². The van der Waals surface area contributed by atoms with Gasteiger partial charge in [0.2, 0.25) is 0 Å². The third-order valence-electron chi connectivity index (χ3n) is 3.67. The summed E-state index contributed by atoms with van der Waals surface area (Å²) < 4.78 is 0.805. The van der Waals surface area contributed by atoms with Crippen molar-refractivity contribution in [1.29, 1.82) is 0 Å². The number of anilines is 1. The van der Waals surface area contributed by atoms with Crippen LogP contribution in [0.5, 0.6) is 0 Å². The highest BCUT2D eigenvalue weighted by Crippen LogP contribution is 2.24. The van der Waals surface area contributed by atoms with Crippen LogP contribution in [0.1, 0.15) is 40.1 Å². The highest BCUT2D eigenvalue weighted by Gasteiger charge is 2.16. The first-order valence-electron chi connectivity index (χ1n) is 7.78. The summed E-state index contributed by atoms with van der Waals surface area (Å²) in [6.45, 7) is 7.04. The molecular weight excluding hydrogens is 370 g/mol. The van der Waals surface area contributed by atoms with Crippen LogP contribution in [0.25, 0.3) is 0 Å². The molecule has 0 bridgehead atoms. The van der Waals surface area contributed by atoms with Crippen LogP contribution in [0.2, 0.25) is 0 Å². The van der Waals surface area contributed by atoms with Crippen LogP contribution in [0, 0.1) is 6.92 Å². The number of carbonyl (C=O) groups is 2. The molecule has 0 saturated carbocycles. The lowest BCUT2D eigenvalue weighted by Crippen LogP contribution is -2.30. The Morgan fingerprint density at radius 1 is 1.12 bits per heavy atom. The number of halogens is 1. The molecule has 126 valence electrons. The Hall–Kier alpha value is -2.21. The van der Waals surface area contributed by atoms with Gasteiger partial charge in [-0.1, -0.05) is 6.07 Å². The molecule has 1 aromatic carbocycles. The summed E-state index contributed by atoms with van der Waals surface area (Å²) in [6, 6.07) is 7.24. The second-order valence-corrected chi connectivity index (χ2v) is 6.23. The molecule has 24 heavy (non-hydrogen) atoms. The normalized spacial score (nSPS) is 10.3. The number of hydrogen-bond acceptors (Lipinski definition) is 3. The minimum atomic E-state index is -0.304. The molecule has 1 aromatic heterocycles. The van der Waals surface area contributed by atoms with Gasteiger partial charge in [-0.2, -0.15) is 0 Å².